The number of benzene rings is 1. The molecule has 1 aliphatic carbocycles. The number of ketones is 1. The van der Waals surface area contributed by atoms with Crippen LogP contribution < -0.4 is 5.32 Å². The lowest BCUT2D eigenvalue weighted by molar-refractivity contribution is -0.141. The Hall–Kier alpha value is -2.89. The number of ether oxygens (including phenoxy) is 1. The van der Waals surface area contributed by atoms with Gasteiger partial charge in [-0.05, 0) is 44.9 Å². The molecule has 1 aliphatic rings. The monoisotopic (exact) mass is 354 g/mol. The molecule has 6 heteroatoms. The highest BCUT2D eigenvalue weighted by Crippen LogP contribution is 2.38. The number of Topliss-reactive ketones (excluding diaryl/α,β-unsaturated/α-hetero) is 1. The zero-order valence-corrected chi connectivity index (χ0v) is 15.0. The van der Waals surface area contributed by atoms with E-state index in [2.05, 4.69) is 9.88 Å². The van der Waals surface area contributed by atoms with Crippen LogP contribution in [0.3, 0.4) is 0 Å². The van der Waals surface area contributed by atoms with Crippen LogP contribution in [-0.4, -0.2) is 35.4 Å². The summed E-state index contributed by atoms with van der Waals surface area (Å²) in [5.41, 5.74) is 3.03. The minimum atomic E-state index is -0.640. The molecule has 0 aliphatic heterocycles. The van der Waals surface area contributed by atoms with Gasteiger partial charge in [0.25, 0.3) is 5.91 Å². The number of carbonyl (C=O) groups excluding carboxylic acids is 3. The van der Waals surface area contributed by atoms with Crippen molar-refractivity contribution in [2.75, 3.05) is 13.2 Å². The standard InChI is InChI=1S/C20H22N2O4/c1-13-10-17(14(2)22(13)16-8-9-16)18(23)12-26-19(24)11-21-20(25)15-6-4-3-5-7-15/h3-7,10,16H,8-9,11-12H2,1-2H3,(H,21,25). The molecule has 1 aromatic heterocycles. The molecule has 1 N–H and O–H groups in total. The smallest absolute Gasteiger partial charge is 0.325 e. The molecule has 0 bridgehead atoms. The van der Waals surface area contributed by atoms with E-state index in [4.69, 9.17) is 4.74 Å². The molecule has 2 aromatic rings. The van der Waals surface area contributed by atoms with Crippen LogP contribution in [0.2, 0.25) is 0 Å². The highest BCUT2D eigenvalue weighted by Gasteiger charge is 2.28. The molecule has 26 heavy (non-hydrogen) atoms. The Kier molecular flexibility index (Phi) is 5.21. The Bertz CT molecular complexity index is 835. The van der Waals surface area contributed by atoms with Gasteiger partial charge in [-0.25, -0.2) is 0 Å². The Balaban J connectivity index is 1.49. The number of nitrogens with zero attached hydrogens (tertiary/aromatic N) is 1. The molecule has 0 saturated heterocycles. The lowest BCUT2D eigenvalue weighted by atomic mass is 10.1. The molecule has 1 heterocycles. The van der Waals surface area contributed by atoms with Gasteiger partial charge in [0.2, 0.25) is 5.78 Å². The maximum atomic E-state index is 12.4. The quantitative estimate of drug-likeness (QED) is 0.612. The third kappa shape index (κ3) is 4.02. The van der Waals surface area contributed by atoms with E-state index in [0.717, 1.165) is 24.2 Å². The van der Waals surface area contributed by atoms with Crippen LogP contribution in [0.1, 0.15) is 51.0 Å². The summed E-state index contributed by atoms with van der Waals surface area (Å²) in [6.45, 7) is 3.30. The second kappa shape index (κ2) is 7.56. The Labute approximate surface area is 152 Å². The molecule has 1 amide bonds. The molecule has 1 saturated carbocycles. The molecule has 1 aromatic carbocycles. The van der Waals surface area contributed by atoms with Gasteiger partial charge in [0.05, 0.1) is 0 Å². The van der Waals surface area contributed by atoms with Crippen molar-refractivity contribution in [3.63, 3.8) is 0 Å². The molecule has 3 rings (SSSR count). The van der Waals surface area contributed by atoms with Crippen molar-refractivity contribution in [1.29, 1.82) is 0 Å². The van der Waals surface area contributed by atoms with Crippen molar-refractivity contribution in [3.05, 3.63) is 58.9 Å². The number of aryl methyl sites for hydroxylation is 1. The summed E-state index contributed by atoms with van der Waals surface area (Å²) in [6, 6.07) is 10.9. The normalized spacial score (nSPS) is 13.3. The molecular formula is C20H22N2O4. The van der Waals surface area contributed by atoms with E-state index < -0.39 is 5.97 Å². The Morgan fingerprint density at radius 3 is 2.50 bits per heavy atom. The maximum Gasteiger partial charge on any atom is 0.325 e. The van der Waals surface area contributed by atoms with Gasteiger partial charge in [0.15, 0.2) is 6.61 Å². The summed E-state index contributed by atoms with van der Waals surface area (Å²) in [7, 11) is 0. The van der Waals surface area contributed by atoms with Crippen LogP contribution in [-0.2, 0) is 9.53 Å². The summed E-state index contributed by atoms with van der Waals surface area (Å²) in [5, 5.41) is 2.48. The molecule has 0 radical (unpaired) electrons. The Morgan fingerprint density at radius 1 is 1.15 bits per heavy atom. The van der Waals surface area contributed by atoms with E-state index in [1.165, 1.54) is 0 Å². The van der Waals surface area contributed by atoms with Gasteiger partial charge in [-0.3, -0.25) is 14.4 Å². The SMILES string of the molecule is Cc1cc(C(=O)COC(=O)CNC(=O)c2ccccc2)c(C)n1C1CC1. The number of hydrogen-bond donors (Lipinski definition) is 1. The van der Waals surface area contributed by atoms with Crippen molar-refractivity contribution < 1.29 is 19.1 Å². The first-order valence-corrected chi connectivity index (χ1v) is 8.68. The van der Waals surface area contributed by atoms with E-state index in [1.807, 2.05) is 19.9 Å². The van der Waals surface area contributed by atoms with Crippen LogP contribution in [0.4, 0.5) is 0 Å². The zero-order valence-electron chi connectivity index (χ0n) is 15.0. The van der Waals surface area contributed by atoms with E-state index in [-0.39, 0.29) is 24.8 Å². The third-order valence-electron chi connectivity index (χ3n) is 4.49. The highest BCUT2D eigenvalue weighted by atomic mass is 16.5. The second-order valence-electron chi connectivity index (χ2n) is 6.52. The van der Waals surface area contributed by atoms with Crippen LogP contribution in [0.15, 0.2) is 36.4 Å². The lowest BCUT2D eigenvalue weighted by Crippen LogP contribution is -2.31. The second-order valence-corrected chi connectivity index (χ2v) is 6.52. The van der Waals surface area contributed by atoms with Crippen molar-refractivity contribution >= 4 is 17.7 Å². The van der Waals surface area contributed by atoms with Gasteiger partial charge in [-0.2, -0.15) is 0 Å². The molecule has 0 atom stereocenters. The van der Waals surface area contributed by atoms with Crippen molar-refractivity contribution in [1.82, 2.24) is 9.88 Å². The number of esters is 1. The third-order valence-corrected chi connectivity index (χ3v) is 4.49. The first-order chi connectivity index (χ1) is 12.5. The number of rotatable bonds is 7. The van der Waals surface area contributed by atoms with E-state index in [0.29, 0.717) is 17.2 Å². The number of hydrogen-bond acceptors (Lipinski definition) is 4. The summed E-state index contributed by atoms with van der Waals surface area (Å²) >= 11 is 0. The first kappa shape index (κ1) is 17.9. The summed E-state index contributed by atoms with van der Waals surface area (Å²) in [4.78, 5) is 36.0. The summed E-state index contributed by atoms with van der Waals surface area (Å²) < 4.78 is 7.19. The average molecular weight is 354 g/mol. The van der Waals surface area contributed by atoms with Gasteiger partial charge in [0.1, 0.15) is 6.54 Å². The van der Waals surface area contributed by atoms with Gasteiger partial charge < -0.3 is 14.6 Å². The van der Waals surface area contributed by atoms with Crippen molar-refractivity contribution in [2.45, 2.75) is 32.7 Å². The molecule has 136 valence electrons. The summed E-state index contributed by atoms with van der Waals surface area (Å²) in [5.74, 6) is -1.23. The van der Waals surface area contributed by atoms with Gasteiger partial charge in [0, 0.05) is 28.6 Å². The van der Waals surface area contributed by atoms with E-state index in [9.17, 15) is 14.4 Å². The van der Waals surface area contributed by atoms with Gasteiger partial charge >= 0.3 is 5.97 Å². The van der Waals surface area contributed by atoms with Crippen LogP contribution in [0, 0.1) is 13.8 Å². The van der Waals surface area contributed by atoms with Crippen LogP contribution in [0.5, 0.6) is 0 Å². The fourth-order valence-corrected chi connectivity index (χ4v) is 3.07. The van der Waals surface area contributed by atoms with E-state index in [1.54, 1.807) is 30.3 Å². The zero-order chi connectivity index (χ0) is 18.7. The number of aromatic nitrogens is 1. The molecule has 6 nitrogen and oxygen atoms in total. The molecule has 1 fully saturated rings. The topological polar surface area (TPSA) is 77.4 Å². The minimum Gasteiger partial charge on any atom is -0.456 e. The Morgan fingerprint density at radius 2 is 1.85 bits per heavy atom. The fourth-order valence-electron chi connectivity index (χ4n) is 3.07. The fraction of sp³-hybridized carbons (Fsp3) is 0.350. The van der Waals surface area contributed by atoms with Gasteiger partial charge in [-0.15, -0.1) is 0 Å². The minimum absolute atomic E-state index is 0.229. The lowest BCUT2D eigenvalue weighted by Gasteiger charge is -2.08. The van der Waals surface area contributed by atoms with Gasteiger partial charge in [-0.1, -0.05) is 18.2 Å². The highest BCUT2D eigenvalue weighted by molar-refractivity contribution is 6.00. The number of nitrogens with one attached hydrogen (secondary N) is 1. The maximum absolute atomic E-state index is 12.4. The average Bonchev–Trinajstić information content (AvgIpc) is 3.43. The molecule has 0 unspecified atom stereocenters. The molecule has 0 spiro atoms. The van der Waals surface area contributed by atoms with Crippen molar-refractivity contribution in [2.24, 2.45) is 0 Å². The molecular weight excluding hydrogens is 332 g/mol. The number of carbonyl (C=O) groups is 3. The van der Waals surface area contributed by atoms with Crippen molar-refractivity contribution in [3.8, 4) is 0 Å². The predicted molar refractivity (Wildman–Crippen MR) is 96.2 cm³/mol. The van der Waals surface area contributed by atoms with Crippen LogP contribution >= 0.6 is 0 Å². The predicted octanol–water partition coefficient (Wildman–Crippen LogP) is 2.60. The first-order valence-electron chi connectivity index (χ1n) is 8.68. The van der Waals surface area contributed by atoms with Crippen LogP contribution in [0.25, 0.3) is 0 Å². The van der Waals surface area contributed by atoms with E-state index >= 15 is 0 Å². The largest absolute Gasteiger partial charge is 0.456 e. The number of amides is 1. The summed E-state index contributed by atoms with van der Waals surface area (Å²) in [6.07, 6.45) is 2.28.